The van der Waals surface area contributed by atoms with Gasteiger partial charge in [0.1, 0.15) is 0 Å². The van der Waals surface area contributed by atoms with Crippen molar-refractivity contribution in [2.75, 3.05) is 0 Å². The molecule has 0 heterocycles. The molecule has 0 spiro atoms. The molecule has 0 amide bonds. The van der Waals surface area contributed by atoms with Gasteiger partial charge in [0.05, 0.1) is 0 Å². The third kappa shape index (κ3) is 4.02. The number of rotatable bonds is 3. The van der Waals surface area contributed by atoms with Crippen molar-refractivity contribution in [1.82, 2.24) is 0 Å². The van der Waals surface area contributed by atoms with Crippen LogP contribution in [-0.4, -0.2) is 0 Å². The fraction of sp³-hybridized carbons (Fsp3) is 0.619. The smallest absolute Gasteiger partial charge is 0.159 e. The van der Waals surface area contributed by atoms with Gasteiger partial charge in [-0.3, -0.25) is 0 Å². The highest BCUT2D eigenvalue weighted by molar-refractivity contribution is 5.22. The lowest BCUT2D eigenvalue weighted by Gasteiger charge is -2.37. The molecule has 2 fully saturated rings. The van der Waals surface area contributed by atoms with E-state index in [9.17, 15) is 8.78 Å². The fourth-order valence-electron chi connectivity index (χ4n) is 4.05. The molecule has 126 valence electrons. The number of benzene rings is 1. The van der Waals surface area contributed by atoms with Gasteiger partial charge >= 0.3 is 0 Å². The number of halogens is 2. The third-order valence-corrected chi connectivity index (χ3v) is 5.44. The molecule has 0 aromatic heterocycles. The minimum Gasteiger partial charge on any atom is -0.204 e. The zero-order valence-corrected chi connectivity index (χ0v) is 13.7. The van der Waals surface area contributed by atoms with Crippen molar-refractivity contribution in [3.63, 3.8) is 0 Å². The Morgan fingerprint density at radius 3 is 2.22 bits per heavy atom. The quantitative estimate of drug-likeness (QED) is 0.548. The maximum atomic E-state index is 13.5. The van der Waals surface area contributed by atoms with Crippen LogP contribution in [0.25, 0.3) is 0 Å². The molecule has 1 aromatic rings. The number of hydrogen-bond acceptors (Lipinski definition) is 0. The van der Waals surface area contributed by atoms with Crippen LogP contribution in [0.4, 0.5) is 8.78 Å². The zero-order chi connectivity index (χ0) is 19.8. The minimum absolute atomic E-state index is 0.0300. The van der Waals surface area contributed by atoms with Crippen molar-refractivity contribution in [2.45, 2.75) is 64.1 Å². The van der Waals surface area contributed by atoms with Crippen molar-refractivity contribution in [1.29, 1.82) is 0 Å². The molecular formula is C21H28F2. The molecule has 2 aliphatic carbocycles. The van der Waals surface area contributed by atoms with Crippen molar-refractivity contribution in [2.24, 2.45) is 17.8 Å². The van der Waals surface area contributed by atoms with Crippen molar-refractivity contribution in [3.8, 4) is 0 Å². The summed E-state index contributed by atoms with van der Waals surface area (Å²) in [5, 5.41) is 0. The molecule has 0 saturated heterocycles. The fourth-order valence-corrected chi connectivity index (χ4v) is 4.05. The average molecular weight is 322 g/mol. The lowest BCUT2D eigenvalue weighted by molar-refractivity contribution is 0.171. The summed E-state index contributed by atoms with van der Waals surface area (Å²) in [6, 6.07) is 4.13. The van der Waals surface area contributed by atoms with E-state index in [1.807, 2.05) is 0 Å². The van der Waals surface area contributed by atoms with Gasteiger partial charge in [0, 0.05) is 5.48 Å². The largest absolute Gasteiger partial charge is 0.204 e. The highest BCUT2D eigenvalue weighted by Crippen LogP contribution is 2.44. The highest BCUT2D eigenvalue weighted by atomic mass is 19.2. The van der Waals surface area contributed by atoms with Gasteiger partial charge in [0.15, 0.2) is 11.6 Å². The first-order chi connectivity index (χ1) is 12.6. The van der Waals surface area contributed by atoms with Crippen molar-refractivity contribution >= 4 is 0 Å². The first kappa shape index (κ1) is 12.2. The van der Waals surface area contributed by atoms with E-state index in [2.05, 4.69) is 0 Å². The summed E-state index contributed by atoms with van der Waals surface area (Å²) in [6.45, 7) is 1.80. The van der Waals surface area contributed by atoms with Gasteiger partial charge in [-0.05, 0) is 99.6 Å². The second-order valence-electron chi connectivity index (χ2n) is 6.87. The monoisotopic (exact) mass is 322 g/mol. The normalized spacial score (nSPS) is 39.3. The minimum atomic E-state index is -1.55. The zero-order valence-electron chi connectivity index (χ0n) is 17.7. The van der Waals surface area contributed by atoms with E-state index in [4.69, 9.17) is 5.48 Å². The standard InChI is InChI=1S/C21H28F2/c1-2-3-15-4-6-16(7-5-15)17-8-10-18(11-9-17)19-12-13-20(22)21(23)14-19/h2-3,12-18H,4-11H2,1H3/b3-2-/i4D2,5D2. The Morgan fingerprint density at radius 1 is 0.957 bits per heavy atom. The van der Waals surface area contributed by atoms with Crippen molar-refractivity contribution < 1.29 is 14.3 Å². The van der Waals surface area contributed by atoms with E-state index in [0.717, 1.165) is 31.2 Å². The summed E-state index contributed by atoms with van der Waals surface area (Å²) < 4.78 is 60.3. The Labute approximate surface area is 144 Å². The predicted octanol–water partition coefficient (Wildman–Crippen LogP) is 6.62. The van der Waals surface area contributed by atoms with Crippen LogP contribution in [0, 0.1) is 29.4 Å². The van der Waals surface area contributed by atoms with Gasteiger partial charge < -0.3 is 0 Å². The average Bonchev–Trinajstić information content (AvgIpc) is 2.60. The lowest BCUT2D eigenvalue weighted by atomic mass is 9.68. The van der Waals surface area contributed by atoms with Crippen LogP contribution in [0.5, 0.6) is 0 Å². The molecule has 0 N–H and O–H groups in total. The van der Waals surface area contributed by atoms with Crippen LogP contribution in [0.1, 0.15) is 75.2 Å². The summed E-state index contributed by atoms with van der Waals surface area (Å²) in [6.07, 6.45) is 4.59. The first-order valence-electron chi connectivity index (χ1n) is 10.7. The maximum absolute atomic E-state index is 13.5. The molecule has 0 nitrogen and oxygen atoms in total. The molecule has 3 rings (SSSR count). The van der Waals surface area contributed by atoms with Gasteiger partial charge in [-0.1, -0.05) is 18.2 Å². The molecule has 2 aliphatic rings. The molecule has 2 saturated carbocycles. The Morgan fingerprint density at radius 2 is 1.61 bits per heavy atom. The Balaban J connectivity index is 1.66. The lowest BCUT2D eigenvalue weighted by Crippen LogP contribution is -2.25. The predicted molar refractivity (Wildman–Crippen MR) is 91.3 cm³/mol. The van der Waals surface area contributed by atoms with Crippen LogP contribution in [0.15, 0.2) is 30.4 Å². The van der Waals surface area contributed by atoms with E-state index >= 15 is 0 Å². The van der Waals surface area contributed by atoms with Crippen LogP contribution < -0.4 is 0 Å². The molecule has 0 bridgehead atoms. The van der Waals surface area contributed by atoms with Gasteiger partial charge in [0.25, 0.3) is 0 Å². The summed E-state index contributed by atoms with van der Waals surface area (Å²) in [7, 11) is 0. The van der Waals surface area contributed by atoms with Crippen LogP contribution in [-0.2, 0) is 0 Å². The molecule has 0 aliphatic heterocycles. The third-order valence-electron chi connectivity index (χ3n) is 5.44. The van der Waals surface area contributed by atoms with E-state index in [0.29, 0.717) is 18.8 Å². The van der Waals surface area contributed by atoms with Crippen LogP contribution in [0.3, 0.4) is 0 Å². The summed E-state index contributed by atoms with van der Waals surface area (Å²) in [4.78, 5) is 0. The van der Waals surface area contributed by atoms with Gasteiger partial charge in [0.2, 0.25) is 0 Å². The Kier molecular flexibility index (Phi) is 4.03. The van der Waals surface area contributed by atoms with Crippen LogP contribution >= 0.6 is 0 Å². The molecule has 0 radical (unpaired) electrons. The molecule has 0 unspecified atom stereocenters. The molecular weight excluding hydrogens is 290 g/mol. The first-order valence-corrected chi connectivity index (χ1v) is 8.72. The Hall–Kier alpha value is -1.18. The second kappa shape index (κ2) is 7.59. The number of hydrogen-bond donors (Lipinski definition) is 0. The highest BCUT2D eigenvalue weighted by Gasteiger charge is 2.30. The maximum Gasteiger partial charge on any atom is 0.159 e. The topological polar surface area (TPSA) is 0 Å². The SMILES string of the molecule is [2H]C1([2H])CC(C2CCC(c3ccc(F)c(F)c3)CC2)CC([2H])([2H])C1/C=C\C. The Bertz CT molecular complexity index is 675. The number of allylic oxidation sites excluding steroid dienone is 2. The summed E-state index contributed by atoms with van der Waals surface area (Å²) in [5.74, 6) is -1.81. The van der Waals surface area contributed by atoms with E-state index in [-0.39, 0.29) is 11.8 Å². The van der Waals surface area contributed by atoms with E-state index in [1.54, 1.807) is 25.1 Å². The molecule has 2 heteroatoms. The van der Waals surface area contributed by atoms with Crippen molar-refractivity contribution in [3.05, 3.63) is 47.5 Å². The molecule has 0 atom stereocenters. The van der Waals surface area contributed by atoms with Gasteiger partial charge in [-0.2, -0.15) is 0 Å². The van der Waals surface area contributed by atoms with Crippen LogP contribution in [0.2, 0.25) is 0 Å². The van der Waals surface area contributed by atoms with E-state index in [1.165, 1.54) is 12.1 Å². The second-order valence-corrected chi connectivity index (χ2v) is 6.87. The molecule has 23 heavy (non-hydrogen) atoms. The summed E-state index contributed by atoms with van der Waals surface area (Å²) in [5.41, 5.74) is 0.829. The van der Waals surface area contributed by atoms with E-state index < -0.39 is 30.3 Å². The summed E-state index contributed by atoms with van der Waals surface area (Å²) >= 11 is 0. The molecule has 1 aromatic carbocycles. The van der Waals surface area contributed by atoms with Gasteiger partial charge in [-0.25, -0.2) is 8.78 Å². The van der Waals surface area contributed by atoms with Gasteiger partial charge in [-0.15, -0.1) is 0 Å².